The Kier molecular flexibility index (Phi) is 6.15. The molecule has 0 spiro atoms. The van der Waals surface area contributed by atoms with Crippen LogP contribution in [0.1, 0.15) is 39.2 Å². The van der Waals surface area contributed by atoms with E-state index >= 15 is 0 Å². The first-order chi connectivity index (χ1) is 12.8. The molecule has 3 aromatic rings. The van der Waals surface area contributed by atoms with Crippen molar-refractivity contribution in [2.75, 3.05) is 6.54 Å². The van der Waals surface area contributed by atoms with Gasteiger partial charge in [0, 0.05) is 47.0 Å². The van der Waals surface area contributed by atoms with Crippen LogP contribution < -0.4 is 0 Å². The van der Waals surface area contributed by atoms with Gasteiger partial charge in [-0.3, -0.25) is 4.90 Å². The summed E-state index contributed by atoms with van der Waals surface area (Å²) in [5.41, 5.74) is 4.84. The predicted molar refractivity (Wildman–Crippen MR) is 113 cm³/mol. The topological polar surface area (TPSA) is 41.3 Å². The average Bonchev–Trinajstić information content (AvgIpc) is 3.11. The van der Waals surface area contributed by atoms with Crippen molar-refractivity contribution in [1.29, 1.82) is 0 Å². The van der Waals surface area contributed by atoms with E-state index in [1.54, 1.807) is 0 Å². The molecule has 1 atom stereocenters. The molecule has 0 amide bonds. The van der Waals surface area contributed by atoms with Gasteiger partial charge < -0.3 is 9.67 Å². The largest absolute Gasteiger partial charge is 0.392 e. The van der Waals surface area contributed by atoms with E-state index in [1.165, 1.54) is 26.7 Å². The van der Waals surface area contributed by atoms with E-state index in [1.807, 2.05) is 24.5 Å². The van der Waals surface area contributed by atoms with Crippen LogP contribution in [-0.4, -0.2) is 32.2 Å². The summed E-state index contributed by atoms with van der Waals surface area (Å²) in [6, 6.07) is 10.8. The standard InChI is InChI=1S/C22H29N3OS/c1-15-6-9-22(23-11-15)25-16(2)10-20(19(25)5)13-24(12-17(3)26)14-21-8-7-18(4)27-21/h6-11,17,26H,12-14H2,1-5H3/t17-/m0/s1. The van der Waals surface area contributed by atoms with E-state index in [9.17, 15) is 5.11 Å². The minimum atomic E-state index is -0.353. The summed E-state index contributed by atoms with van der Waals surface area (Å²) in [6.07, 6.45) is 1.56. The second-order valence-electron chi connectivity index (χ2n) is 7.46. The third-order valence-electron chi connectivity index (χ3n) is 4.75. The van der Waals surface area contributed by atoms with Gasteiger partial charge in [0.25, 0.3) is 0 Å². The van der Waals surface area contributed by atoms with E-state index in [2.05, 4.69) is 72.5 Å². The van der Waals surface area contributed by atoms with Gasteiger partial charge >= 0.3 is 0 Å². The third-order valence-corrected chi connectivity index (χ3v) is 5.74. The molecular weight excluding hydrogens is 354 g/mol. The van der Waals surface area contributed by atoms with Gasteiger partial charge in [0.2, 0.25) is 0 Å². The molecule has 27 heavy (non-hydrogen) atoms. The van der Waals surface area contributed by atoms with Crippen molar-refractivity contribution in [2.24, 2.45) is 0 Å². The van der Waals surface area contributed by atoms with Crippen LogP contribution in [0.25, 0.3) is 5.82 Å². The Balaban J connectivity index is 1.85. The molecule has 3 rings (SSSR count). The van der Waals surface area contributed by atoms with Gasteiger partial charge in [0.1, 0.15) is 5.82 Å². The fourth-order valence-electron chi connectivity index (χ4n) is 3.52. The van der Waals surface area contributed by atoms with Gasteiger partial charge in [0.05, 0.1) is 6.10 Å². The molecule has 0 aliphatic carbocycles. The van der Waals surface area contributed by atoms with Crippen molar-refractivity contribution >= 4 is 11.3 Å². The monoisotopic (exact) mass is 383 g/mol. The number of aromatic nitrogens is 2. The Morgan fingerprint density at radius 3 is 2.48 bits per heavy atom. The highest BCUT2D eigenvalue weighted by atomic mass is 32.1. The molecule has 144 valence electrons. The maximum absolute atomic E-state index is 9.96. The number of aryl methyl sites for hydroxylation is 3. The van der Waals surface area contributed by atoms with Crippen molar-refractivity contribution in [3.8, 4) is 5.82 Å². The molecule has 3 aromatic heterocycles. The van der Waals surface area contributed by atoms with Crippen LogP contribution in [0.2, 0.25) is 0 Å². The third kappa shape index (κ3) is 4.86. The molecule has 4 nitrogen and oxygen atoms in total. The molecule has 3 heterocycles. The quantitative estimate of drug-likeness (QED) is 0.651. The van der Waals surface area contributed by atoms with Gasteiger partial charge in [-0.05, 0) is 70.0 Å². The van der Waals surface area contributed by atoms with Crippen molar-refractivity contribution in [3.63, 3.8) is 0 Å². The Hall–Kier alpha value is -1.95. The molecule has 0 saturated heterocycles. The van der Waals surface area contributed by atoms with Crippen LogP contribution in [0.5, 0.6) is 0 Å². The summed E-state index contributed by atoms with van der Waals surface area (Å²) >= 11 is 1.83. The van der Waals surface area contributed by atoms with Crippen LogP contribution in [0.4, 0.5) is 0 Å². The van der Waals surface area contributed by atoms with Crippen LogP contribution >= 0.6 is 11.3 Å². The Bertz CT molecular complexity index is 893. The second kappa shape index (κ2) is 8.38. The highest BCUT2D eigenvalue weighted by molar-refractivity contribution is 7.11. The first-order valence-electron chi connectivity index (χ1n) is 9.40. The number of hydrogen-bond acceptors (Lipinski definition) is 4. The van der Waals surface area contributed by atoms with Crippen molar-refractivity contribution < 1.29 is 5.11 Å². The van der Waals surface area contributed by atoms with Crippen molar-refractivity contribution in [3.05, 3.63) is 68.8 Å². The summed E-state index contributed by atoms with van der Waals surface area (Å²) in [7, 11) is 0. The van der Waals surface area contributed by atoms with E-state index in [-0.39, 0.29) is 6.10 Å². The summed E-state index contributed by atoms with van der Waals surface area (Å²) in [5, 5.41) is 9.96. The maximum Gasteiger partial charge on any atom is 0.136 e. The van der Waals surface area contributed by atoms with Crippen molar-refractivity contribution in [2.45, 2.75) is 53.8 Å². The molecule has 0 bridgehead atoms. The van der Waals surface area contributed by atoms with E-state index in [0.717, 1.165) is 24.5 Å². The fraction of sp³-hybridized carbons (Fsp3) is 0.409. The molecule has 0 saturated carbocycles. The molecule has 0 aliphatic heterocycles. The number of hydrogen-bond donors (Lipinski definition) is 1. The molecule has 1 N–H and O–H groups in total. The fourth-order valence-corrected chi connectivity index (χ4v) is 4.46. The first kappa shape index (κ1) is 19.8. The van der Waals surface area contributed by atoms with Gasteiger partial charge in [-0.1, -0.05) is 6.07 Å². The molecule has 0 aliphatic rings. The van der Waals surface area contributed by atoms with E-state index in [4.69, 9.17) is 0 Å². The average molecular weight is 384 g/mol. The number of nitrogens with zero attached hydrogens (tertiary/aromatic N) is 3. The first-order valence-corrected chi connectivity index (χ1v) is 10.2. The van der Waals surface area contributed by atoms with Gasteiger partial charge in [-0.15, -0.1) is 11.3 Å². The summed E-state index contributed by atoms with van der Waals surface area (Å²) in [5.74, 6) is 0.956. The lowest BCUT2D eigenvalue weighted by atomic mass is 10.2. The van der Waals surface area contributed by atoms with Crippen LogP contribution in [0.3, 0.4) is 0 Å². The SMILES string of the molecule is Cc1ccc(-n2c(C)cc(CN(Cc3ccc(C)s3)C[C@H](C)O)c2C)nc1. The van der Waals surface area contributed by atoms with Crippen LogP contribution in [-0.2, 0) is 13.1 Å². The lowest BCUT2D eigenvalue weighted by molar-refractivity contribution is 0.118. The smallest absolute Gasteiger partial charge is 0.136 e. The highest BCUT2D eigenvalue weighted by Crippen LogP contribution is 2.23. The van der Waals surface area contributed by atoms with Crippen LogP contribution in [0, 0.1) is 27.7 Å². The van der Waals surface area contributed by atoms with Gasteiger partial charge in [0.15, 0.2) is 0 Å². The van der Waals surface area contributed by atoms with E-state index in [0.29, 0.717) is 6.54 Å². The Labute approximate surface area is 166 Å². The minimum Gasteiger partial charge on any atom is -0.392 e. The van der Waals surface area contributed by atoms with E-state index < -0.39 is 0 Å². The predicted octanol–water partition coefficient (Wildman–Crippen LogP) is 4.55. The molecule has 0 fully saturated rings. The highest BCUT2D eigenvalue weighted by Gasteiger charge is 2.16. The Morgan fingerprint density at radius 2 is 1.89 bits per heavy atom. The number of thiophene rings is 1. The molecule has 0 unspecified atom stereocenters. The lowest BCUT2D eigenvalue weighted by Gasteiger charge is -2.23. The summed E-state index contributed by atoms with van der Waals surface area (Å²) in [6.45, 7) is 12.6. The molecule has 0 aromatic carbocycles. The molecule has 5 heteroatoms. The zero-order valence-corrected chi connectivity index (χ0v) is 17.7. The zero-order chi connectivity index (χ0) is 19.6. The normalized spacial score (nSPS) is 12.7. The number of aliphatic hydroxyl groups excluding tert-OH is 1. The number of aliphatic hydroxyl groups is 1. The molecule has 0 radical (unpaired) electrons. The minimum absolute atomic E-state index is 0.353. The molecular formula is C22H29N3OS. The summed E-state index contributed by atoms with van der Waals surface area (Å²) < 4.78 is 2.21. The van der Waals surface area contributed by atoms with Gasteiger partial charge in [-0.2, -0.15) is 0 Å². The maximum atomic E-state index is 9.96. The lowest BCUT2D eigenvalue weighted by Crippen LogP contribution is -2.30. The number of rotatable bonds is 7. The Morgan fingerprint density at radius 1 is 1.11 bits per heavy atom. The van der Waals surface area contributed by atoms with Crippen molar-refractivity contribution in [1.82, 2.24) is 14.5 Å². The van der Waals surface area contributed by atoms with Gasteiger partial charge in [-0.25, -0.2) is 4.98 Å². The number of pyridine rings is 1. The zero-order valence-electron chi connectivity index (χ0n) is 16.9. The second-order valence-corrected chi connectivity index (χ2v) is 8.83. The summed E-state index contributed by atoms with van der Waals surface area (Å²) in [4.78, 5) is 9.58. The van der Waals surface area contributed by atoms with Crippen LogP contribution in [0.15, 0.2) is 36.5 Å².